The molecule has 0 saturated carbocycles. The number of benzene rings is 1. The van der Waals surface area contributed by atoms with Gasteiger partial charge in [0.05, 0.1) is 11.6 Å². The number of hydrogen-bond donors (Lipinski definition) is 1. The van der Waals surface area contributed by atoms with Crippen LogP contribution in [0, 0.1) is 5.82 Å². The summed E-state index contributed by atoms with van der Waals surface area (Å²) < 4.78 is 79.7. The summed E-state index contributed by atoms with van der Waals surface area (Å²) in [5.41, 5.74) is -0.877. The van der Waals surface area contributed by atoms with Crippen LogP contribution in [-0.2, 0) is 0 Å². The van der Waals surface area contributed by atoms with E-state index >= 15 is 0 Å². The SMILES string of the molecule is COc1cc(F)c(Br)cc1C(O)C(F)(F)C(F)(F)F. The third-order valence-electron chi connectivity index (χ3n) is 2.29. The zero-order valence-corrected chi connectivity index (χ0v) is 10.8. The smallest absolute Gasteiger partial charge is 0.456 e. The topological polar surface area (TPSA) is 29.5 Å². The van der Waals surface area contributed by atoms with Crippen molar-refractivity contribution < 1.29 is 36.2 Å². The van der Waals surface area contributed by atoms with Crippen molar-refractivity contribution in [3.8, 4) is 5.75 Å². The number of halogens is 7. The Morgan fingerprint density at radius 3 is 2.16 bits per heavy atom. The van der Waals surface area contributed by atoms with Crippen LogP contribution in [0.1, 0.15) is 11.7 Å². The largest absolute Gasteiger partial charge is 0.496 e. The average molecular weight is 353 g/mol. The molecule has 0 bridgehead atoms. The van der Waals surface area contributed by atoms with E-state index < -0.39 is 35.3 Å². The van der Waals surface area contributed by atoms with Gasteiger partial charge < -0.3 is 9.84 Å². The van der Waals surface area contributed by atoms with Crippen LogP contribution in [-0.4, -0.2) is 24.3 Å². The second-order valence-corrected chi connectivity index (χ2v) is 4.39. The summed E-state index contributed by atoms with van der Waals surface area (Å²) in [5, 5.41) is 9.22. The van der Waals surface area contributed by atoms with Gasteiger partial charge in [-0.25, -0.2) is 4.39 Å². The first-order valence-electron chi connectivity index (χ1n) is 4.68. The molecule has 0 spiro atoms. The summed E-state index contributed by atoms with van der Waals surface area (Å²) in [6, 6.07) is 1.20. The van der Waals surface area contributed by atoms with E-state index in [9.17, 15) is 31.4 Å². The molecule has 0 saturated heterocycles. The molecule has 2 nitrogen and oxygen atoms in total. The standard InChI is InChI=1S/C10H7BrF6O2/c1-19-7-3-6(12)5(11)2-4(7)8(18)9(13,14)10(15,16)17/h2-3,8,18H,1H3. The molecule has 19 heavy (non-hydrogen) atoms. The molecular formula is C10H7BrF6O2. The third kappa shape index (κ3) is 2.97. The molecule has 108 valence electrons. The first-order valence-corrected chi connectivity index (χ1v) is 5.47. The zero-order valence-electron chi connectivity index (χ0n) is 9.23. The maximum atomic E-state index is 13.1. The quantitative estimate of drug-likeness (QED) is 0.838. The van der Waals surface area contributed by atoms with E-state index in [0.717, 1.165) is 7.11 Å². The van der Waals surface area contributed by atoms with Gasteiger partial charge in [-0.15, -0.1) is 0 Å². The first kappa shape index (κ1) is 16.1. The molecule has 1 atom stereocenters. The Bertz CT molecular complexity index is 474. The number of aliphatic hydroxyl groups is 1. The molecule has 0 aliphatic carbocycles. The van der Waals surface area contributed by atoms with E-state index in [2.05, 4.69) is 20.7 Å². The molecule has 1 aromatic carbocycles. The van der Waals surface area contributed by atoms with E-state index in [0.29, 0.717) is 12.1 Å². The number of alkyl halides is 5. The normalized spacial score (nSPS) is 14.4. The maximum absolute atomic E-state index is 13.1. The Labute approximate surface area is 112 Å². The van der Waals surface area contributed by atoms with E-state index in [4.69, 9.17) is 0 Å². The number of hydrogen-bond acceptors (Lipinski definition) is 2. The molecule has 0 amide bonds. The van der Waals surface area contributed by atoms with Crippen LogP contribution in [0.15, 0.2) is 16.6 Å². The summed E-state index contributed by atoms with van der Waals surface area (Å²) in [5.74, 6) is -6.93. The Morgan fingerprint density at radius 2 is 1.74 bits per heavy atom. The molecule has 0 fully saturated rings. The van der Waals surface area contributed by atoms with Crippen molar-refractivity contribution in [1.29, 1.82) is 0 Å². The van der Waals surface area contributed by atoms with Gasteiger partial charge in [-0.05, 0) is 22.0 Å². The van der Waals surface area contributed by atoms with Gasteiger partial charge in [0, 0.05) is 11.6 Å². The molecule has 0 aromatic heterocycles. The molecule has 0 aliphatic heterocycles. The van der Waals surface area contributed by atoms with Crippen molar-refractivity contribution in [3.05, 3.63) is 28.0 Å². The molecule has 0 heterocycles. The molecule has 1 unspecified atom stereocenters. The lowest BCUT2D eigenvalue weighted by Crippen LogP contribution is -2.42. The van der Waals surface area contributed by atoms with E-state index in [1.165, 1.54) is 0 Å². The second-order valence-electron chi connectivity index (χ2n) is 3.53. The molecule has 0 aliphatic rings. The first-order chi connectivity index (χ1) is 8.52. The van der Waals surface area contributed by atoms with Crippen LogP contribution in [0.5, 0.6) is 5.75 Å². The number of ether oxygens (including phenoxy) is 1. The Kier molecular flexibility index (Phi) is 4.40. The molecule has 9 heteroatoms. The Balaban J connectivity index is 3.34. The van der Waals surface area contributed by atoms with Crippen molar-refractivity contribution in [1.82, 2.24) is 0 Å². The molecule has 1 N–H and O–H groups in total. The van der Waals surface area contributed by atoms with Crippen molar-refractivity contribution in [2.75, 3.05) is 7.11 Å². The van der Waals surface area contributed by atoms with E-state index in [1.807, 2.05) is 0 Å². The minimum atomic E-state index is -5.95. The monoisotopic (exact) mass is 352 g/mol. The molecule has 1 rings (SSSR count). The van der Waals surface area contributed by atoms with Crippen LogP contribution >= 0.6 is 15.9 Å². The summed E-state index contributed by atoms with van der Waals surface area (Å²) >= 11 is 2.63. The minimum absolute atomic E-state index is 0.375. The van der Waals surface area contributed by atoms with Gasteiger partial charge in [0.25, 0.3) is 0 Å². The van der Waals surface area contributed by atoms with E-state index in [-0.39, 0.29) is 4.47 Å². The van der Waals surface area contributed by atoms with Crippen LogP contribution in [0.3, 0.4) is 0 Å². The van der Waals surface area contributed by atoms with Gasteiger partial charge in [0.15, 0.2) is 6.10 Å². The number of rotatable bonds is 3. The van der Waals surface area contributed by atoms with Crippen molar-refractivity contribution in [2.24, 2.45) is 0 Å². The number of aliphatic hydroxyl groups excluding tert-OH is 1. The fourth-order valence-electron chi connectivity index (χ4n) is 1.28. The fourth-order valence-corrected chi connectivity index (χ4v) is 1.65. The summed E-state index contributed by atoms with van der Waals surface area (Å²) in [6.07, 6.45) is -9.16. The fraction of sp³-hybridized carbons (Fsp3) is 0.400. The minimum Gasteiger partial charge on any atom is -0.496 e. The van der Waals surface area contributed by atoms with Crippen LogP contribution < -0.4 is 4.74 Å². The highest BCUT2D eigenvalue weighted by atomic mass is 79.9. The second kappa shape index (κ2) is 5.20. The predicted octanol–water partition coefficient (Wildman–Crippen LogP) is 3.83. The summed E-state index contributed by atoms with van der Waals surface area (Å²) in [4.78, 5) is 0. The highest BCUT2D eigenvalue weighted by molar-refractivity contribution is 9.10. The molecular weight excluding hydrogens is 346 g/mol. The van der Waals surface area contributed by atoms with Gasteiger partial charge in [0.1, 0.15) is 11.6 Å². The lowest BCUT2D eigenvalue weighted by molar-refractivity contribution is -0.315. The van der Waals surface area contributed by atoms with Crippen molar-refractivity contribution >= 4 is 15.9 Å². The maximum Gasteiger partial charge on any atom is 0.456 e. The summed E-state index contributed by atoms with van der Waals surface area (Å²) in [7, 11) is 0.949. The average Bonchev–Trinajstić information content (AvgIpc) is 2.29. The van der Waals surface area contributed by atoms with Crippen molar-refractivity contribution in [2.45, 2.75) is 18.2 Å². The summed E-state index contributed by atoms with van der Waals surface area (Å²) in [6.45, 7) is 0. The lowest BCUT2D eigenvalue weighted by atomic mass is 10.0. The Hall–Kier alpha value is -0.960. The van der Waals surface area contributed by atoms with Crippen LogP contribution in [0.25, 0.3) is 0 Å². The van der Waals surface area contributed by atoms with Gasteiger partial charge in [-0.3, -0.25) is 0 Å². The zero-order chi connectivity index (χ0) is 15.0. The van der Waals surface area contributed by atoms with Crippen LogP contribution in [0.4, 0.5) is 26.3 Å². The lowest BCUT2D eigenvalue weighted by Gasteiger charge is -2.26. The van der Waals surface area contributed by atoms with Gasteiger partial charge >= 0.3 is 12.1 Å². The van der Waals surface area contributed by atoms with Crippen molar-refractivity contribution in [3.63, 3.8) is 0 Å². The van der Waals surface area contributed by atoms with Gasteiger partial charge in [-0.2, -0.15) is 22.0 Å². The van der Waals surface area contributed by atoms with E-state index in [1.54, 1.807) is 0 Å². The highest BCUT2D eigenvalue weighted by Gasteiger charge is 2.63. The molecule has 1 aromatic rings. The third-order valence-corrected chi connectivity index (χ3v) is 2.90. The predicted molar refractivity (Wildman–Crippen MR) is 56.6 cm³/mol. The Morgan fingerprint density at radius 1 is 1.21 bits per heavy atom. The number of methoxy groups -OCH3 is 1. The highest BCUT2D eigenvalue weighted by Crippen LogP contribution is 2.47. The van der Waals surface area contributed by atoms with Gasteiger partial charge in [0.2, 0.25) is 0 Å². The molecule has 0 radical (unpaired) electrons. The van der Waals surface area contributed by atoms with Gasteiger partial charge in [-0.1, -0.05) is 0 Å². The van der Waals surface area contributed by atoms with Crippen LogP contribution in [0.2, 0.25) is 0 Å².